The fourth-order valence-corrected chi connectivity index (χ4v) is 1.36. The second kappa shape index (κ2) is 3.23. The van der Waals surface area contributed by atoms with Crippen LogP contribution in [0.2, 0.25) is 0 Å². The van der Waals surface area contributed by atoms with E-state index < -0.39 is 4.92 Å². The lowest BCUT2D eigenvalue weighted by Gasteiger charge is -1.94. The van der Waals surface area contributed by atoms with Crippen molar-refractivity contribution in [1.82, 2.24) is 0 Å². The van der Waals surface area contributed by atoms with Gasteiger partial charge in [0.15, 0.2) is 0 Å². The van der Waals surface area contributed by atoms with Crippen molar-refractivity contribution in [3.63, 3.8) is 0 Å². The zero-order chi connectivity index (χ0) is 10.1. The first kappa shape index (κ1) is 8.90. The normalized spacial score (nSPS) is 24.3. The zero-order valence-electron chi connectivity index (χ0n) is 7.42. The molecule has 0 spiro atoms. The molecule has 1 aromatic rings. The molecule has 0 N–H and O–H groups in total. The summed E-state index contributed by atoms with van der Waals surface area (Å²) >= 11 is 0. The van der Waals surface area contributed by atoms with E-state index in [-0.39, 0.29) is 17.9 Å². The predicted molar refractivity (Wildman–Crippen MR) is 50.9 cm³/mol. The SMILES string of the molecule is C=C[C@@H]1O[C@H]1c1ccc([N+](=O)[O-])cc1. The van der Waals surface area contributed by atoms with Crippen molar-refractivity contribution in [2.24, 2.45) is 0 Å². The van der Waals surface area contributed by atoms with E-state index in [0.29, 0.717) is 0 Å². The second-order valence-corrected chi connectivity index (χ2v) is 3.11. The lowest BCUT2D eigenvalue weighted by Crippen LogP contribution is -1.89. The van der Waals surface area contributed by atoms with Crippen LogP contribution in [0.15, 0.2) is 36.9 Å². The number of ether oxygens (including phenoxy) is 1. The van der Waals surface area contributed by atoms with E-state index in [1.807, 2.05) is 0 Å². The molecule has 0 aliphatic carbocycles. The quantitative estimate of drug-likeness (QED) is 0.318. The maximum Gasteiger partial charge on any atom is 0.269 e. The van der Waals surface area contributed by atoms with E-state index in [4.69, 9.17) is 4.74 Å². The van der Waals surface area contributed by atoms with Crippen LogP contribution in [0.4, 0.5) is 5.69 Å². The standard InChI is InChI=1S/C10H9NO3/c1-2-9-10(14-9)7-3-5-8(6-4-7)11(12)13/h2-6,9-10H,1H2/t9-,10-/m0/s1. The molecule has 72 valence electrons. The Bertz CT molecular complexity index is 371. The Balaban J connectivity index is 2.15. The number of hydrogen-bond donors (Lipinski definition) is 0. The molecule has 4 heteroatoms. The maximum absolute atomic E-state index is 10.4. The molecule has 2 atom stereocenters. The first-order chi connectivity index (χ1) is 6.72. The molecule has 0 radical (unpaired) electrons. The molecule has 0 aromatic heterocycles. The Morgan fingerprint density at radius 2 is 2.07 bits per heavy atom. The number of nitro benzene ring substituents is 1. The van der Waals surface area contributed by atoms with Gasteiger partial charge in [-0.05, 0) is 17.7 Å². The maximum atomic E-state index is 10.4. The van der Waals surface area contributed by atoms with Crippen LogP contribution in [0.5, 0.6) is 0 Å². The van der Waals surface area contributed by atoms with Gasteiger partial charge < -0.3 is 4.74 Å². The van der Waals surface area contributed by atoms with Crippen LogP contribution in [-0.2, 0) is 4.74 Å². The molecule has 0 amide bonds. The van der Waals surface area contributed by atoms with Crippen LogP contribution in [0.1, 0.15) is 11.7 Å². The van der Waals surface area contributed by atoms with E-state index in [9.17, 15) is 10.1 Å². The number of nitro groups is 1. The minimum absolute atomic E-state index is 0.0355. The zero-order valence-corrected chi connectivity index (χ0v) is 7.42. The molecule has 1 saturated heterocycles. The van der Waals surface area contributed by atoms with Crippen LogP contribution in [0, 0.1) is 10.1 Å². The van der Waals surface area contributed by atoms with Crippen LogP contribution < -0.4 is 0 Å². The number of hydrogen-bond acceptors (Lipinski definition) is 3. The van der Waals surface area contributed by atoms with E-state index in [1.54, 1.807) is 18.2 Å². The lowest BCUT2D eigenvalue weighted by molar-refractivity contribution is -0.384. The summed E-state index contributed by atoms with van der Waals surface area (Å²) in [5.74, 6) is 0. The summed E-state index contributed by atoms with van der Waals surface area (Å²) in [7, 11) is 0. The minimum atomic E-state index is -0.414. The van der Waals surface area contributed by atoms with Crippen molar-refractivity contribution in [2.75, 3.05) is 0 Å². The van der Waals surface area contributed by atoms with Gasteiger partial charge in [-0.2, -0.15) is 0 Å². The Morgan fingerprint density at radius 3 is 2.50 bits per heavy atom. The summed E-state index contributed by atoms with van der Waals surface area (Å²) in [5.41, 5.74) is 1.06. The molecule has 1 aliphatic rings. The van der Waals surface area contributed by atoms with E-state index >= 15 is 0 Å². The molecule has 14 heavy (non-hydrogen) atoms. The Morgan fingerprint density at radius 1 is 1.43 bits per heavy atom. The van der Waals surface area contributed by atoms with E-state index in [2.05, 4.69) is 6.58 Å². The summed E-state index contributed by atoms with van der Waals surface area (Å²) in [6, 6.07) is 6.40. The average Bonchev–Trinajstić information content (AvgIpc) is 2.97. The fraction of sp³-hybridized carbons (Fsp3) is 0.200. The number of benzene rings is 1. The third kappa shape index (κ3) is 1.52. The Hall–Kier alpha value is -1.68. The van der Waals surface area contributed by atoms with Gasteiger partial charge in [0.05, 0.1) is 4.92 Å². The van der Waals surface area contributed by atoms with E-state index in [1.165, 1.54) is 12.1 Å². The second-order valence-electron chi connectivity index (χ2n) is 3.11. The highest BCUT2D eigenvalue weighted by atomic mass is 16.6. The molecule has 1 aromatic carbocycles. The van der Waals surface area contributed by atoms with Crippen LogP contribution in [0.3, 0.4) is 0 Å². The average molecular weight is 191 g/mol. The van der Waals surface area contributed by atoms with Gasteiger partial charge in [0.25, 0.3) is 5.69 Å². The molecule has 1 fully saturated rings. The predicted octanol–water partition coefficient (Wildman–Crippen LogP) is 2.22. The topological polar surface area (TPSA) is 55.7 Å². The molecule has 1 aliphatic heterocycles. The molecule has 4 nitrogen and oxygen atoms in total. The third-order valence-electron chi connectivity index (χ3n) is 2.19. The van der Waals surface area contributed by atoms with Gasteiger partial charge >= 0.3 is 0 Å². The molecule has 1 heterocycles. The number of rotatable bonds is 3. The summed E-state index contributed by atoms with van der Waals surface area (Å²) in [6.45, 7) is 3.61. The first-order valence-electron chi connectivity index (χ1n) is 4.25. The van der Waals surface area contributed by atoms with E-state index in [0.717, 1.165) is 5.56 Å². The van der Waals surface area contributed by atoms with Gasteiger partial charge in [0, 0.05) is 12.1 Å². The first-order valence-corrected chi connectivity index (χ1v) is 4.25. The van der Waals surface area contributed by atoms with Gasteiger partial charge in [0.2, 0.25) is 0 Å². The van der Waals surface area contributed by atoms with Gasteiger partial charge in [0.1, 0.15) is 12.2 Å². The highest BCUT2D eigenvalue weighted by Gasteiger charge is 2.37. The van der Waals surface area contributed by atoms with Crippen molar-refractivity contribution in [3.8, 4) is 0 Å². The third-order valence-corrected chi connectivity index (χ3v) is 2.19. The Labute approximate surface area is 81.0 Å². The smallest absolute Gasteiger partial charge is 0.269 e. The van der Waals surface area contributed by atoms with Crippen LogP contribution >= 0.6 is 0 Å². The largest absolute Gasteiger partial charge is 0.360 e. The van der Waals surface area contributed by atoms with Crippen molar-refractivity contribution in [3.05, 3.63) is 52.6 Å². The molecule has 0 bridgehead atoms. The number of epoxide rings is 1. The minimum Gasteiger partial charge on any atom is -0.360 e. The van der Waals surface area contributed by atoms with Gasteiger partial charge in [-0.3, -0.25) is 10.1 Å². The number of nitrogens with zero attached hydrogens (tertiary/aromatic N) is 1. The summed E-state index contributed by atoms with van der Waals surface area (Å²) in [6.07, 6.45) is 1.83. The molecule has 0 saturated carbocycles. The molecular formula is C10H9NO3. The van der Waals surface area contributed by atoms with Gasteiger partial charge in [-0.15, -0.1) is 6.58 Å². The lowest BCUT2D eigenvalue weighted by atomic mass is 10.1. The monoisotopic (exact) mass is 191 g/mol. The molecular weight excluding hydrogens is 182 g/mol. The van der Waals surface area contributed by atoms with Gasteiger partial charge in [-0.1, -0.05) is 6.08 Å². The van der Waals surface area contributed by atoms with Crippen LogP contribution in [0.25, 0.3) is 0 Å². The summed E-state index contributed by atoms with van der Waals surface area (Å²) in [4.78, 5) is 9.96. The Kier molecular flexibility index (Phi) is 2.05. The van der Waals surface area contributed by atoms with Gasteiger partial charge in [-0.25, -0.2) is 0 Å². The molecule has 0 unspecified atom stereocenters. The van der Waals surface area contributed by atoms with Crippen molar-refractivity contribution < 1.29 is 9.66 Å². The fourth-order valence-electron chi connectivity index (χ4n) is 1.36. The van der Waals surface area contributed by atoms with Crippen molar-refractivity contribution in [2.45, 2.75) is 12.2 Å². The highest BCUT2D eigenvalue weighted by Crippen LogP contribution is 2.39. The van der Waals surface area contributed by atoms with Crippen molar-refractivity contribution >= 4 is 5.69 Å². The molecule has 2 rings (SSSR count). The summed E-state index contributed by atoms with van der Waals surface area (Å²) in [5, 5.41) is 10.4. The number of non-ortho nitro benzene ring substituents is 1. The van der Waals surface area contributed by atoms with Crippen LogP contribution in [-0.4, -0.2) is 11.0 Å². The van der Waals surface area contributed by atoms with Crippen molar-refractivity contribution in [1.29, 1.82) is 0 Å². The highest BCUT2D eigenvalue weighted by molar-refractivity contribution is 5.35. The summed E-state index contributed by atoms with van der Waals surface area (Å²) < 4.78 is 5.26.